The zero-order valence-corrected chi connectivity index (χ0v) is 10.5. The van der Waals surface area contributed by atoms with Crippen molar-refractivity contribution in [1.29, 1.82) is 0 Å². The van der Waals surface area contributed by atoms with E-state index in [-0.39, 0.29) is 0 Å². The van der Waals surface area contributed by atoms with E-state index in [2.05, 4.69) is 0 Å². The summed E-state index contributed by atoms with van der Waals surface area (Å²) in [6, 6.07) is 11.1. The number of aliphatic hydroxyl groups is 1. The van der Waals surface area contributed by atoms with E-state index >= 15 is 0 Å². The highest BCUT2D eigenvalue weighted by Crippen LogP contribution is 2.33. The van der Waals surface area contributed by atoms with Gasteiger partial charge in [0.15, 0.2) is 11.6 Å². The Hall–Kier alpha value is -1.39. The second-order valence-corrected chi connectivity index (χ2v) is 5.01. The van der Waals surface area contributed by atoms with Crippen LogP contribution in [0.4, 0.5) is 8.78 Å². The summed E-state index contributed by atoms with van der Waals surface area (Å²) in [5.41, 5.74) is 0.771. The van der Waals surface area contributed by atoms with Gasteiger partial charge in [-0.2, -0.15) is 0 Å². The van der Waals surface area contributed by atoms with Crippen molar-refractivity contribution in [3.63, 3.8) is 0 Å². The monoisotopic (exact) mass is 266 g/mol. The zero-order chi connectivity index (χ0) is 13.1. The Morgan fingerprint density at radius 3 is 2.44 bits per heavy atom. The second kappa shape index (κ2) is 5.50. The van der Waals surface area contributed by atoms with Crippen molar-refractivity contribution in [2.75, 3.05) is 0 Å². The maximum Gasteiger partial charge on any atom is 0.159 e. The molecule has 4 heteroatoms. The summed E-state index contributed by atoms with van der Waals surface area (Å²) in [5, 5.41) is 9.63. The average molecular weight is 266 g/mol. The fourth-order valence-corrected chi connectivity index (χ4v) is 2.64. The third kappa shape index (κ3) is 2.89. The van der Waals surface area contributed by atoms with Crippen molar-refractivity contribution >= 4 is 11.8 Å². The molecular formula is C14H12F2OS. The largest absolute Gasteiger partial charge is 0.389 e. The highest BCUT2D eigenvalue weighted by atomic mass is 32.2. The minimum absolute atomic E-state index is 0.598. The molecule has 0 heterocycles. The summed E-state index contributed by atoms with van der Waals surface area (Å²) in [6.07, 6.45) is -0.598. The first-order chi connectivity index (χ1) is 8.58. The standard InChI is InChI=1S/C14H12F2OS/c1-9(17)11-4-2-3-5-14(11)18-10-6-7-12(15)13(16)8-10/h2-9,17H,1H3. The lowest BCUT2D eigenvalue weighted by Gasteiger charge is -2.11. The molecule has 2 aromatic carbocycles. The number of hydrogen-bond donors (Lipinski definition) is 1. The van der Waals surface area contributed by atoms with Crippen molar-refractivity contribution in [2.45, 2.75) is 22.8 Å². The van der Waals surface area contributed by atoms with Crippen LogP contribution >= 0.6 is 11.8 Å². The third-order valence-corrected chi connectivity index (χ3v) is 3.57. The third-order valence-electron chi connectivity index (χ3n) is 2.49. The molecule has 18 heavy (non-hydrogen) atoms. The molecule has 2 rings (SSSR count). The van der Waals surface area contributed by atoms with Crippen LogP contribution in [0.15, 0.2) is 52.3 Å². The fraction of sp³-hybridized carbons (Fsp3) is 0.143. The summed E-state index contributed by atoms with van der Waals surface area (Å²) in [6.45, 7) is 1.67. The van der Waals surface area contributed by atoms with Crippen LogP contribution in [-0.2, 0) is 0 Å². The van der Waals surface area contributed by atoms with Crippen molar-refractivity contribution in [2.24, 2.45) is 0 Å². The Kier molecular flexibility index (Phi) is 3.99. The molecule has 0 aliphatic rings. The lowest BCUT2D eigenvalue weighted by Crippen LogP contribution is -1.93. The van der Waals surface area contributed by atoms with E-state index in [0.29, 0.717) is 4.90 Å². The first-order valence-corrected chi connectivity index (χ1v) is 6.29. The van der Waals surface area contributed by atoms with Crippen LogP contribution < -0.4 is 0 Å². The van der Waals surface area contributed by atoms with E-state index in [1.54, 1.807) is 6.92 Å². The van der Waals surface area contributed by atoms with Gasteiger partial charge in [-0.3, -0.25) is 0 Å². The Morgan fingerprint density at radius 2 is 1.78 bits per heavy atom. The molecule has 0 aliphatic heterocycles. The molecule has 0 bridgehead atoms. The Balaban J connectivity index is 2.31. The lowest BCUT2D eigenvalue weighted by atomic mass is 10.1. The smallest absolute Gasteiger partial charge is 0.159 e. The van der Waals surface area contributed by atoms with E-state index in [1.165, 1.54) is 17.8 Å². The summed E-state index contributed by atoms with van der Waals surface area (Å²) in [5.74, 6) is -1.72. The van der Waals surface area contributed by atoms with Crippen LogP contribution in [0.1, 0.15) is 18.6 Å². The summed E-state index contributed by atoms with van der Waals surface area (Å²) >= 11 is 1.30. The van der Waals surface area contributed by atoms with Gasteiger partial charge in [-0.25, -0.2) is 8.78 Å². The molecule has 0 spiro atoms. The summed E-state index contributed by atoms with van der Waals surface area (Å²) < 4.78 is 25.9. The normalized spacial score (nSPS) is 12.4. The zero-order valence-electron chi connectivity index (χ0n) is 9.73. The predicted octanol–water partition coefficient (Wildman–Crippen LogP) is 4.17. The molecule has 2 aromatic rings. The van der Waals surface area contributed by atoms with Crippen LogP contribution in [0, 0.1) is 11.6 Å². The predicted molar refractivity (Wildman–Crippen MR) is 67.6 cm³/mol. The van der Waals surface area contributed by atoms with Gasteiger partial charge in [0, 0.05) is 9.79 Å². The molecule has 0 saturated heterocycles. The highest BCUT2D eigenvalue weighted by Gasteiger charge is 2.10. The maximum atomic E-state index is 13.1. The van der Waals surface area contributed by atoms with Crippen molar-refractivity contribution in [3.8, 4) is 0 Å². The van der Waals surface area contributed by atoms with Gasteiger partial charge in [-0.1, -0.05) is 30.0 Å². The molecule has 1 atom stereocenters. The van der Waals surface area contributed by atoms with Gasteiger partial charge in [0.1, 0.15) is 0 Å². The van der Waals surface area contributed by atoms with Crippen LogP contribution in [0.2, 0.25) is 0 Å². The van der Waals surface area contributed by atoms with E-state index < -0.39 is 17.7 Å². The van der Waals surface area contributed by atoms with Crippen molar-refractivity contribution in [1.82, 2.24) is 0 Å². The number of aliphatic hydroxyl groups excluding tert-OH is 1. The first-order valence-electron chi connectivity index (χ1n) is 5.48. The quantitative estimate of drug-likeness (QED) is 0.899. The van der Waals surface area contributed by atoms with Gasteiger partial charge in [0.25, 0.3) is 0 Å². The lowest BCUT2D eigenvalue weighted by molar-refractivity contribution is 0.196. The van der Waals surface area contributed by atoms with E-state index in [1.807, 2.05) is 24.3 Å². The molecule has 0 radical (unpaired) electrons. The number of halogens is 2. The van der Waals surface area contributed by atoms with E-state index in [9.17, 15) is 13.9 Å². The van der Waals surface area contributed by atoms with Crippen molar-refractivity contribution in [3.05, 3.63) is 59.7 Å². The Labute approximate surface area is 108 Å². The van der Waals surface area contributed by atoms with Gasteiger partial charge in [0.05, 0.1) is 6.10 Å². The van der Waals surface area contributed by atoms with Crippen LogP contribution in [0.3, 0.4) is 0 Å². The maximum absolute atomic E-state index is 13.1. The first kappa shape index (κ1) is 13.1. The van der Waals surface area contributed by atoms with Gasteiger partial charge in [-0.15, -0.1) is 0 Å². The van der Waals surface area contributed by atoms with Gasteiger partial charge >= 0.3 is 0 Å². The molecule has 0 saturated carbocycles. The SMILES string of the molecule is CC(O)c1ccccc1Sc1ccc(F)c(F)c1. The molecule has 1 unspecified atom stereocenters. The molecular weight excluding hydrogens is 254 g/mol. The molecule has 0 fully saturated rings. The van der Waals surface area contributed by atoms with Crippen LogP contribution in [0.5, 0.6) is 0 Å². The fourth-order valence-electron chi connectivity index (χ4n) is 1.59. The second-order valence-electron chi connectivity index (χ2n) is 3.89. The Bertz CT molecular complexity index is 555. The molecule has 94 valence electrons. The minimum Gasteiger partial charge on any atom is -0.389 e. The molecule has 0 amide bonds. The highest BCUT2D eigenvalue weighted by molar-refractivity contribution is 7.99. The molecule has 0 aromatic heterocycles. The summed E-state index contributed by atoms with van der Waals surface area (Å²) in [4.78, 5) is 1.43. The van der Waals surface area contributed by atoms with Gasteiger partial charge < -0.3 is 5.11 Å². The van der Waals surface area contributed by atoms with Crippen LogP contribution in [0.25, 0.3) is 0 Å². The van der Waals surface area contributed by atoms with E-state index in [4.69, 9.17) is 0 Å². The number of benzene rings is 2. The molecule has 1 N–H and O–H groups in total. The minimum atomic E-state index is -0.866. The van der Waals surface area contributed by atoms with E-state index in [0.717, 1.165) is 22.6 Å². The molecule has 1 nitrogen and oxygen atoms in total. The van der Waals surface area contributed by atoms with Gasteiger partial charge in [-0.05, 0) is 36.8 Å². The molecule has 0 aliphatic carbocycles. The Morgan fingerprint density at radius 1 is 1.06 bits per heavy atom. The summed E-state index contributed by atoms with van der Waals surface area (Å²) in [7, 11) is 0. The number of hydrogen-bond acceptors (Lipinski definition) is 2. The van der Waals surface area contributed by atoms with Crippen LogP contribution in [-0.4, -0.2) is 5.11 Å². The van der Waals surface area contributed by atoms with Crippen molar-refractivity contribution < 1.29 is 13.9 Å². The van der Waals surface area contributed by atoms with Gasteiger partial charge in [0.2, 0.25) is 0 Å². The topological polar surface area (TPSA) is 20.2 Å². The number of rotatable bonds is 3. The average Bonchev–Trinajstić information content (AvgIpc) is 2.34.